The third kappa shape index (κ3) is 3.62. The van der Waals surface area contributed by atoms with Crippen molar-refractivity contribution in [1.82, 2.24) is 9.55 Å². The van der Waals surface area contributed by atoms with Gasteiger partial charge in [-0.2, -0.15) is 0 Å². The van der Waals surface area contributed by atoms with E-state index in [9.17, 15) is 5.11 Å². The highest BCUT2D eigenvalue weighted by Gasteiger charge is 2.22. The minimum absolute atomic E-state index is 0.240. The van der Waals surface area contributed by atoms with Crippen molar-refractivity contribution in [1.29, 1.82) is 0 Å². The number of hydrogen-bond acceptors (Lipinski definition) is 2. The zero-order valence-electron chi connectivity index (χ0n) is 17.2. The zero-order chi connectivity index (χ0) is 21.2. The van der Waals surface area contributed by atoms with Gasteiger partial charge in [0, 0.05) is 22.4 Å². The summed E-state index contributed by atoms with van der Waals surface area (Å²) in [6.45, 7) is 2.09. The van der Waals surface area contributed by atoms with Gasteiger partial charge in [0.25, 0.3) is 0 Å². The number of aryl methyl sites for hydroxylation is 1. The number of rotatable bonds is 4. The average Bonchev–Trinajstić information content (AvgIpc) is 3.22. The summed E-state index contributed by atoms with van der Waals surface area (Å²) < 4.78 is 2.21. The standard InChI is InChI=1S/C28H22N2O/c1-20-12-16-24(17-13-20)30-27(22-10-6-3-7-11-22)26(21-8-4-2-5-9-21)29-28(30)23-14-18-25(31)19-15-23/h2-19,31H,1H3. The first-order chi connectivity index (χ1) is 15.2. The average molecular weight is 402 g/mol. The van der Waals surface area contributed by atoms with Gasteiger partial charge >= 0.3 is 0 Å². The molecule has 5 rings (SSSR count). The number of hydrogen-bond donors (Lipinski definition) is 1. The minimum atomic E-state index is 0.240. The molecule has 0 atom stereocenters. The Balaban J connectivity index is 1.87. The van der Waals surface area contributed by atoms with Crippen molar-refractivity contribution in [3.63, 3.8) is 0 Å². The maximum atomic E-state index is 9.81. The molecule has 0 amide bonds. The first-order valence-corrected chi connectivity index (χ1v) is 10.3. The molecule has 3 heteroatoms. The monoisotopic (exact) mass is 402 g/mol. The Morgan fingerprint density at radius 3 is 1.81 bits per heavy atom. The van der Waals surface area contributed by atoms with Crippen LogP contribution in [0.5, 0.6) is 5.75 Å². The second-order valence-electron chi connectivity index (χ2n) is 7.58. The number of benzene rings is 4. The third-order valence-electron chi connectivity index (χ3n) is 5.39. The fourth-order valence-corrected chi connectivity index (χ4v) is 3.83. The van der Waals surface area contributed by atoms with Crippen LogP contribution in [0.15, 0.2) is 109 Å². The van der Waals surface area contributed by atoms with Gasteiger partial charge in [0.1, 0.15) is 11.6 Å². The van der Waals surface area contributed by atoms with E-state index in [1.54, 1.807) is 12.1 Å². The summed E-state index contributed by atoms with van der Waals surface area (Å²) in [6, 6.07) is 36.4. The molecule has 0 aliphatic rings. The molecule has 1 N–H and O–H groups in total. The Morgan fingerprint density at radius 1 is 0.613 bits per heavy atom. The van der Waals surface area contributed by atoms with Crippen LogP contribution in [0.3, 0.4) is 0 Å². The number of nitrogens with zero attached hydrogens (tertiary/aromatic N) is 2. The molecule has 0 fully saturated rings. The Morgan fingerprint density at radius 2 is 1.19 bits per heavy atom. The van der Waals surface area contributed by atoms with E-state index in [0.717, 1.165) is 39.6 Å². The van der Waals surface area contributed by atoms with Gasteiger partial charge in [0.05, 0.1) is 11.4 Å². The number of phenolic OH excluding ortho intramolecular Hbond substituents is 1. The fourth-order valence-electron chi connectivity index (χ4n) is 3.83. The quantitative estimate of drug-likeness (QED) is 0.355. The SMILES string of the molecule is Cc1ccc(-n2c(-c3ccc(O)cc3)nc(-c3ccccc3)c2-c2ccccc2)cc1. The summed E-state index contributed by atoms with van der Waals surface area (Å²) in [7, 11) is 0. The van der Waals surface area contributed by atoms with Crippen molar-refractivity contribution >= 4 is 0 Å². The van der Waals surface area contributed by atoms with E-state index >= 15 is 0 Å². The Labute approximate surface area is 181 Å². The Hall–Kier alpha value is -4.11. The second-order valence-corrected chi connectivity index (χ2v) is 7.58. The summed E-state index contributed by atoms with van der Waals surface area (Å²) in [6.07, 6.45) is 0. The van der Waals surface area contributed by atoms with Crippen LogP contribution in [-0.4, -0.2) is 14.7 Å². The highest BCUT2D eigenvalue weighted by molar-refractivity contribution is 5.84. The molecule has 0 unspecified atom stereocenters. The molecule has 31 heavy (non-hydrogen) atoms. The minimum Gasteiger partial charge on any atom is -0.508 e. The molecule has 0 bridgehead atoms. The normalized spacial score (nSPS) is 10.9. The molecule has 0 aliphatic carbocycles. The maximum Gasteiger partial charge on any atom is 0.145 e. The molecular weight excluding hydrogens is 380 g/mol. The maximum absolute atomic E-state index is 9.81. The van der Waals surface area contributed by atoms with Crippen molar-refractivity contribution in [3.8, 4) is 45.3 Å². The molecule has 1 aromatic heterocycles. The van der Waals surface area contributed by atoms with Crippen molar-refractivity contribution in [2.75, 3.05) is 0 Å². The van der Waals surface area contributed by atoms with Crippen molar-refractivity contribution in [2.24, 2.45) is 0 Å². The molecule has 0 saturated heterocycles. The highest BCUT2D eigenvalue weighted by atomic mass is 16.3. The number of aromatic hydroxyl groups is 1. The number of aromatic nitrogens is 2. The first-order valence-electron chi connectivity index (χ1n) is 10.3. The van der Waals surface area contributed by atoms with Gasteiger partial charge < -0.3 is 5.11 Å². The van der Waals surface area contributed by atoms with Crippen LogP contribution < -0.4 is 0 Å². The molecule has 3 nitrogen and oxygen atoms in total. The van der Waals surface area contributed by atoms with Crippen molar-refractivity contribution in [2.45, 2.75) is 6.92 Å². The fraction of sp³-hybridized carbons (Fsp3) is 0.0357. The lowest BCUT2D eigenvalue weighted by atomic mass is 10.0. The number of phenols is 1. The van der Waals surface area contributed by atoms with Gasteiger partial charge in [-0.05, 0) is 43.3 Å². The van der Waals surface area contributed by atoms with Crippen LogP contribution in [-0.2, 0) is 0 Å². The predicted molar refractivity (Wildman–Crippen MR) is 126 cm³/mol. The second kappa shape index (κ2) is 7.96. The van der Waals surface area contributed by atoms with Gasteiger partial charge in [-0.3, -0.25) is 4.57 Å². The van der Waals surface area contributed by atoms with Crippen LogP contribution in [0.25, 0.3) is 39.6 Å². The van der Waals surface area contributed by atoms with Crippen molar-refractivity contribution in [3.05, 3.63) is 115 Å². The lowest BCUT2D eigenvalue weighted by molar-refractivity contribution is 0.475. The van der Waals surface area contributed by atoms with Gasteiger partial charge in [-0.1, -0.05) is 78.4 Å². The Bertz CT molecular complexity index is 1300. The van der Waals surface area contributed by atoms with Gasteiger partial charge in [-0.25, -0.2) is 4.98 Å². The summed E-state index contributed by atoms with van der Waals surface area (Å²) >= 11 is 0. The molecule has 5 aromatic rings. The van der Waals surface area contributed by atoms with Gasteiger partial charge in [-0.15, -0.1) is 0 Å². The van der Waals surface area contributed by atoms with Crippen LogP contribution in [0.4, 0.5) is 0 Å². The van der Waals surface area contributed by atoms with Crippen molar-refractivity contribution < 1.29 is 5.11 Å². The molecular formula is C28H22N2O. The topological polar surface area (TPSA) is 38.0 Å². The Kier molecular flexibility index (Phi) is 4.85. The summed E-state index contributed by atoms with van der Waals surface area (Å²) in [5, 5.41) is 9.81. The van der Waals surface area contributed by atoms with E-state index in [0.29, 0.717) is 0 Å². The van der Waals surface area contributed by atoms with E-state index in [-0.39, 0.29) is 5.75 Å². The predicted octanol–water partition coefficient (Wildman–Crippen LogP) is 6.89. The molecule has 4 aromatic carbocycles. The van der Waals surface area contributed by atoms with Gasteiger partial charge in [0.2, 0.25) is 0 Å². The molecule has 150 valence electrons. The van der Waals surface area contributed by atoms with Crippen LogP contribution in [0, 0.1) is 6.92 Å². The van der Waals surface area contributed by atoms with E-state index in [4.69, 9.17) is 4.98 Å². The summed E-state index contributed by atoms with van der Waals surface area (Å²) in [4.78, 5) is 5.14. The molecule has 0 aliphatic heterocycles. The van der Waals surface area contributed by atoms with Crippen LogP contribution in [0.2, 0.25) is 0 Å². The highest BCUT2D eigenvalue weighted by Crippen LogP contribution is 2.38. The van der Waals surface area contributed by atoms with E-state index < -0.39 is 0 Å². The van der Waals surface area contributed by atoms with E-state index in [1.807, 2.05) is 36.4 Å². The molecule has 0 spiro atoms. The van der Waals surface area contributed by atoms with E-state index in [2.05, 4.69) is 72.2 Å². The summed E-state index contributed by atoms with van der Waals surface area (Å²) in [5.74, 6) is 1.07. The van der Waals surface area contributed by atoms with Gasteiger partial charge in [0.15, 0.2) is 0 Å². The van der Waals surface area contributed by atoms with Crippen LogP contribution in [0.1, 0.15) is 5.56 Å². The van der Waals surface area contributed by atoms with Crippen LogP contribution >= 0.6 is 0 Å². The lowest BCUT2D eigenvalue weighted by Gasteiger charge is -2.14. The smallest absolute Gasteiger partial charge is 0.145 e. The van der Waals surface area contributed by atoms with E-state index in [1.165, 1.54) is 5.56 Å². The molecule has 0 saturated carbocycles. The third-order valence-corrected chi connectivity index (χ3v) is 5.39. The first kappa shape index (κ1) is 18.9. The lowest BCUT2D eigenvalue weighted by Crippen LogP contribution is -2.00. The number of imidazole rings is 1. The largest absolute Gasteiger partial charge is 0.508 e. The molecule has 0 radical (unpaired) electrons. The molecule has 1 heterocycles. The zero-order valence-corrected chi connectivity index (χ0v) is 17.2. The summed E-state index contributed by atoms with van der Waals surface area (Å²) in [5.41, 5.74) is 7.32.